The summed E-state index contributed by atoms with van der Waals surface area (Å²) in [6.45, 7) is 12.5. The van der Waals surface area contributed by atoms with Gasteiger partial charge in [0.1, 0.15) is 30.0 Å². The number of hydrogen-bond donors (Lipinski definition) is 5. The molecule has 17 heteroatoms. The summed E-state index contributed by atoms with van der Waals surface area (Å²) in [6.07, 6.45) is 11.3. The van der Waals surface area contributed by atoms with Crippen molar-refractivity contribution in [3.63, 3.8) is 0 Å². The number of benzene rings is 1. The van der Waals surface area contributed by atoms with Gasteiger partial charge in [0.05, 0.1) is 41.3 Å². The fourth-order valence-electron chi connectivity index (χ4n) is 10.5. The number of unbranched alkanes of at least 4 members (excludes halogenated alkanes) is 4. The van der Waals surface area contributed by atoms with E-state index in [1.165, 1.54) is 21.8 Å². The number of thiazole rings is 1. The number of aliphatic hydroxyl groups is 2. The Morgan fingerprint density at radius 2 is 1.77 bits per heavy atom. The Morgan fingerprint density at radius 3 is 2.49 bits per heavy atom. The summed E-state index contributed by atoms with van der Waals surface area (Å²) in [6, 6.07) is 3.73. The molecule has 2 aliphatic heterocycles. The number of aliphatic hydroxyl groups excluding tert-OH is 2. The van der Waals surface area contributed by atoms with Crippen LogP contribution in [0.5, 0.6) is 5.75 Å². The van der Waals surface area contributed by atoms with Crippen LogP contribution in [0.3, 0.4) is 0 Å². The number of cyclic esters (lactones) is 1. The molecule has 5 N–H and O–H groups in total. The zero-order chi connectivity index (χ0) is 50.3. The Morgan fingerprint density at radius 1 is 1.01 bits per heavy atom. The monoisotopic (exact) mass is 992 g/mol. The molecule has 0 bridgehead atoms. The van der Waals surface area contributed by atoms with E-state index >= 15 is 0 Å². The number of esters is 1. The summed E-state index contributed by atoms with van der Waals surface area (Å²) in [5.41, 5.74) is 2.79. The number of aryl methyl sites for hydroxylation is 1. The lowest BCUT2D eigenvalue weighted by Gasteiger charge is -2.43. The SMILES string of the molecule is Cc1ncsc1-c1ccc(CNC(=O)[C@@H]2C[C@@H](O)CN2C(=O)[C@@H](NC(=O)C2(F)CC2)C(C)(C)C)c(OCCCCCCCNC(=O)O[C@H]2C[C@@H](C)C=C3C=C[C@H](C)[C@H](CC[C@@H]4C[C@@H](O)CC(=O)O4)[C@H]32)c1. The molecule has 0 spiro atoms. The predicted molar refractivity (Wildman–Crippen MR) is 263 cm³/mol. The minimum Gasteiger partial charge on any atom is -0.493 e. The number of amides is 4. The smallest absolute Gasteiger partial charge is 0.407 e. The minimum atomic E-state index is -1.97. The number of alkyl halides is 1. The van der Waals surface area contributed by atoms with E-state index in [-0.39, 0.29) is 80.6 Å². The number of alkyl carbamates (subject to hydrolysis) is 1. The number of ether oxygens (including phenoxy) is 3. The van der Waals surface area contributed by atoms with Gasteiger partial charge >= 0.3 is 12.1 Å². The van der Waals surface area contributed by atoms with Crippen molar-refractivity contribution in [2.75, 3.05) is 19.7 Å². The first-order valence-corrected chi connectivity index (χ1v) is 26.3. The third-order valence-electron chi connectivity index (χ3n) is 14.6. The third-order valence-corrected chi connectivity index (χ3v) is 15.6. The second kappa shape index (κ2) is 23.1. The number of nitrogens with zero attached hydrogens (tertiary/aromatic N) is 2. The van der Waals surface area contributed by atoms with Crippen molar-refractivity contribution >= 4 is 41.1 Å². The number of hydrogen-bond acceptors (Lipinski definition) is 12. The van der Waals surface area contributed by atoms with E-state index in [9.17, 15) is 38.6 Å². The second-order valence-corrected chi connectivity index (χ2v) is 22.4. The van der Waals surface area contributed by atoms with Crippen LogP contribution in [0.2, 0.25) is 0 Å². The molecule has 3 aliphatic carbocycles. The number of likely N-dealkylation sites (tertiary alicyclic amines) is 1. The van der Waals surface area contributed by atoms with Crippen molar-refractivity contribution in [2.24, 2.45) is 29.1 Å². The van der Waals surface area contributed by atoms with Gasteiger partial charge < -0.3 is 45.3 Å². The Balaban J connectivity index is 0.865. The van der Waals surface area contributed by atoms with E-state index in [0.717, 1.165) is 66.6 Å². The van der Waals surface area contributed by atoms with Crippen LogP contribution in [0.15, 0.2) is 47.5 Å². The number of rotatable bonds is 20. The molecule has 3 heterocycles. The molecular weight excluding hydrogens is 918 g/mol. The third kappa shape index (κ3) is 13.5. The molecule has 3 fully saturated rings. The van der Waals surface area contributed by atoms with Gasteiger partial charge in [-0.2, -0.15) is 0 Å². The maximum Gasteiger partial charge on any atom is 0.407 e. The fourth-order valence-corrected chi connectivity index (χ4v) is 11.3. The van der Waals surface area contributed by atoms with Crippen LogP contribution < -0.4 is 20.7 Å². The number of fused-ring (bicyclic) bond motifs is 1. The molecule has 384 valence electrons. The first kappa shape index (κ1) is 52.9. The highest BCUT2D eigenvalue weighted by Crippen LogP contribution is 2.45. The molecule has 1 saturated carbocycles. The Bertz CT molecular complexity index is 2260. The summed E-state index contributed by atoms with van der Waals surface area (Å²) in [5, 5.41) is 29.3. The van der Waals surface area contributed by atoms with Crippen LogP contribution in [-0.4, -0.2) is 112 Å². The molecule has 5 aliphatic rings. The number of carbonyl (C=O) groups excluding carboxylic acids is 5. The van der Waals surface area contributed by atoms with Crippen LogP contribution >= 0.6 is 11.3 Å². The van der Waals surface area contributed by atoms with Crippen LogP contribution in [0.4, 0.5) is 9.18 Å². The van der Waals surface area contributed by atoms with Crippen molar-refractivity contribution in [1.29, 1.82) is 0 Å². The lowest BCUT2D eigenvalue weighted by molar-refractivity contribution is -0.160. The van der Waals surface area contributed by atoms with E-state index in [1.807, 2.05) is 25.1 Å². The van der Waals surface area contributed by atoms with Crippen molar-refractivity contribution in [3.05, 3.63) is 58.8 Å². The maximum atomic E-state index is 14.7. The predicted octanol–water partition coefficient (Wildman–Crippen LogP) is 7.40. The van der Waals surface area contributed by atoms with Crippen LogP contribution in [0.25, 0.3) is 10.4 Å². The Labute approximate surface area is 415 Å². The Hall–Kier alpha value is -4.87. The van der Waals surface area contributed by atoms with Gasteiger partial charge in [0.2, 0.25) is 11.8 Å². The van der Waals surface area contributed by atoms with Gasteiger partial charge in [0.25, 0.3) is 5.91 Å². The van der Waals surface area contributed by atoms with Crippen molar-refractivity contribution < 1.29 is 52.8 Å². The number of β-amino-alcohol motifs (C(OH)–C–C–N with tert-alkyl or cyclic N) is 1. The summed E-state index contributed by atoms with van der Waals surface area (Å²) in [4.78, 5) is 72.3. The zero-order valence-electron chi connectivity index (χ0n) is 41.7. The maximum absolute atomic E-state index is 14.7. The normalized spacial score (nSPS) is 27.4. The van der Waals surface area contributed by atoms with E-state index in [0.29, 0.717) is 31.7 Å². The summed E-state index contributed by atoms with van der Waals surface area (Å²) in [7, 11) is 0. The van der Waals surface area contributed by atoms with Crippen LogP contribution in [0.1, 0.15) is 129 Å². The number of allylic oxidation sites excluding steroid dienone is 3. The van der Waals surface area contributed by atoms with E-state index in [4.69, 9.17) is 14.2 Å². The summed E-state index contributed by atoms with van der Waals surface area (Å²) >= 11 is 1.53. The first-order valence-electron chi connectivity index (χ1n) is 25.4. The molecule has 1 aromatic carbocycles. The van der Waals surface area contributed by atoms with Gasteiger partial charge in [0.15, 0.2) is 5.67 Å². The molecule has 4 amide bonds. The largest absolute Gasteiger partial charge is 0.493 e. The average Bonchev–Trinajstić information content (AvgIpc) is 3.70. The van der Waals surface area contributed by atoms with Gasteiger partial charge in [-0.1, -0.05) is 84.2 Å². The van der Waals surface area contributed by atoms with Gasteiger partial charge in [-0.3, -0.25) is 19.2 Å². The topological polar surface area (TPSA) is 206 Å². The number of carbonyl (C=O) groups is 5. The highest BCUT2D eigenvalue weighted by Gasteiger charge is 2.53. The highest BCUT2D eigenvalue weighted by atomic mass is 32.1. The second-order valence-electron chi connectivity index (χ2n) is 21.5. The molecule has 70 heavy (non-hydrogen) atoms. The number of halogens is 1. The van der Waals surface area contributed by atoms with E-state index < -0.39 is 59.2 Å². The molecule has 2 aromatic rings. The van der Waals surface area contributed by atoms with Gasteiger partial charge in [-0.05, 0) is 92.2 Å². The first-order chi connectivity index (χ1) is 33.3. The van der Waals surface area contributed by atoms with E-state index in [2.05, 4.69) is 53.0 Å². The quantitative estimate of drug-likeness (QED) is 0.0653. The van der Waals surface area contributed by atoms with Crippen molar-refractivity contribution in [1.82, 2.24) is 25.8 Å². The number of aromatic nitrogens is 1. The number of nitrogens with one attached hydrogen (secondary N) is 3. The lowest BCUT2D eigenvalue weighted by Crippen LogP contribution is -2.59. The summed E-state index contributed by atoms with van der Waals surface area (Å²) in [5.74, 6) is -0.794. The molecule has 0 unspecified atom stereocenters. The average molecular weight is 992 g/mol. The molecule has 10 atom stereocenters. The minimum absolute atomic E-state index is 0.0242. The molecule has 2 saturated heterocycles. The molecule has 0 radical (unpaired) electrons. The van der Waals surface area contributed by atoms with Gasteiger partial charge in [0, 0.05) is 44.0 Å². The van der Waals surface area contributed by atoms with Crippen molar-refractivity contribution in [3.8, 4) is 16.2 Å². The highest BCUT2D eigenvalue weighted by molar-refractivity contribution is 7.13. The summed E-state index contributed by atoms with van der Waals surface area (Å²) < 4.78 is 32.7. The molecule has 7 rings (SSSR count). The van der Waals surface area contributed by atoms with Gasteiger partial charge in [-0.25, -0.2) is 14.2 Å². The standard InChI is InChI=1S/C53H74FN5O10S/c1-31-22-34-13-12-32(2)40(17-16-39-25-37(60)27-44(62)68-39)45(34)43(23-31)69-51(66)55-20-10-8-7-9-11-21-67-42-24-35(46-33(3)57-30-70-46)14-15-36(42)28-56-48(63)41-26-38(61)29-59(41)49(64)47(52(4,5)6)58-50(65)53(54)18-19-53/h12-15,22,24,30-32,37-41,43,45,47,60-61H,7-11,16-21,23,25-29H2,1-6H3,(H,55,66)(H,56,63)(H,58,65)/t31-,32-,37+,38+,39+,40-,41-,43-,45-,47+/m0/s1. The molecular formula is C53H74FN5O10S. The Kier molecular flexibility index (Phi) is 17.5. The zero-order valence-corrected chi connectivity index (χ0v) is 42.5. The fraction of sp³-hybridized carbons (Fsp3) is 0.660. The van der Waals surface area contributed by atoms with Crippen LogP contribution in [-0.2, 0) is 35.2 Å². The van der Waals surface area contributed by atoms with E-state index in [1.54, 1.807) is 26.3 Å². The molecule has 15 nitrogen and oxygen atoms in total. The van der Waals surface area contributed by atoms with Gasteiger partial charge in [-0.15, -0.1) is 11.3 Å². The lowest BCUT2D eigenvalue weighted by atomic mass is 9.65. The molecule has 1 aromatic heterocycles. The van der Waals surface area contributed by atoms with Crippen LogP contribution in [0, 0.1) is 36.0 Å². The van der Waals surface area contributed by atoms with Crippen molar-refractivity contribution in [2.45, 2.75) is 174 Å².